The van der Waals surface area contributed by atoms with Crippen molar-refractivity contribution in [3.05, 3.63) is 0 Å². The molecule has 1 saturated carbocycles. The lowest BCUT2D eigenvalue weighted by Crippen LogP contribution is -1.96. The molecule has 1 rings (SSSR count). The zero-order valence-electron chi connectivity index (χ0n) is 10.5. The minimum Gasteiger partial charge on any atom is -0.264 e. The maximum Gasteiger partial charge on any atom is 0.397 e. The lowest BCUT2D eigenvalue weighted by molar-refractivity contribution is 0.324. The van der Waals surface area contributed by atoms with Gasteiger partial charge in [0.2, 0.25) is 0 Å². The summed E-state index contributed by atoms with van der Waals surface area (Å²) in [5.41, 5.74) is 0. The Kier molecular flexibility index (Phi) is 13.7. The monoisotopic (exact) mass is 272 g/mol. The number of unbranched alkanes of at least 4 members (excludes halogenated alkanes) is 2. The second-order valence-electron chi connectivity index (χ2n) is 3.53. The van der Waals surface area contributed by atoms with E-state index in [9.17, 15) is 8.42 Å². The molecule has 0 aliphatic heterocycles. The Balaban J connectivity index is 0. The van der Waals surface area contributed by atoms with Crippen LogP contribution >= 0.6 is 9.24 Å². The summed E-state index contributed by atoms with van der Waals surface area (Å²) in [6.07, 6.45) is 8.91. The summed E-state index contributed by atoms with van der Waals surface area (Å²) in [5, 5.41) is 0. The molecule has 1 aliphatic rings. The minimum atomic E-state index is -4.16. The van der Waals surface area contributed by atoms with Gasteiger partial charge >= 0.3 is 10.4 Å². The van der Waals surface area contributed by atoms with Crippen molar-refractivity contribution in [3.8, 4) is 0 Å². The molecule has 0 aromatic heterocycles. The molecule has 0 aromatic rings. The van der Waals surface area contributed by atoms with Crippen molar-refractivity contribution in [2.24, 2.45) is 5.92 Å². The van der Waals surface area contributed by atoms with E-state index in [0.717, 1.165) is 13.0 Å². The Morgan fingerprint density at radius 3 is 2.00 bits per heavy atom. The van der Waals surface area contributed by atoms with Gasteiger partial charge in [-0.05, 0) is 5.92 Å². The summed E-state index contributed by atoms with van der Waals surface area (Å²) in [5.74, 6) is 1.15. The second-order valence-corrected chi connectivity index (χ2v) is 4.72. The van der Waals surface area contributed by atoms with Gasteiger partial charge in [0.1, 0.15) is 0 Å². The average molecular weight is 272 g/mol. The summed E-state index contributed by atoms with van der Waals surface area (Å²) < 4.78 is 29.7. The fourth-order valence-electron chi connectivity index (χ4n) is 1.09. The van der Waals surface area contributed by atoms with Crippen molar-refractivity contribution >= 4 is 19.6 Å². The van der Waals surface area contributed by atoms with Crippen molar-refractivity contribution in [3.63, 3.8) is 0 Å². The third-order valence-electron chi connectivity index (χ3n) is 2.12. The summed E-state index contributed by atoms with van der Waals surface area (Å²) in [6.45, 7) is 4.19. The van der Waals surface area contributed by atoms with Crippen molar-refractivity contribution < 1.29 is 17.2 Å². The molecule has 1 aliphatic carbocycles. The molecule has 0 radical (unpaired) electrons. The molecule has 0 aromatic carbocycles. The Hall–Kier alpha value is 0.300. The molecule has 1 atom stereocenters. The molecular weight excluding hydrogens is 247 g/mol. The Morgan fingerprint density at radius 1 is 1.31 bits per heavy atom. The predicted molar refractivity (Wildman–Crippen MR) is 71.1 cm³/mol. The van der Waals surface area contributed by atoms with Gasteiger partial charge in [0.25, 0.3) is 0 Å². The molecule has 6 heteroatoms. The topological polar surface area (TPSA) is 63.6 Å². The maximum absolute atomic E-state index is 9.33. The quantitative estimate of drug-likeness (QED) is 0.475. The van der Waals surface area contributed by atoms with E-state index in [-0.39, 0.29) is 0 Å². The molecule has 0 heterocycles. The molecule has 4 nitrogen and oxygen atoms in total. The van der Waals surface area contributed by atoms with Crippen LogP contribution in [-0.2, 0) is 14.6 Å². The molecule has 16 heavy (non-hydrogen) atoms. The lowest BCUT2D eigenvalue weighted by atomic mass is 10.1. The zero-order chi connectivity index (χ0) is 13.0. The van der Waals surface area contributed by atoms with Gasteiger partial charge in [-0.2, -0.15) is 8.42 Å². The zero-order valence-corrected chi connectivity index (χ0v) is 12.4. The summed E-state index contributed by atoms with van der Waals surface area (Å²) in [7, 11) is -0.875. The highest BCUT2D eigenvalue weighted by molar-refractivity contribution is 7.80. The highest BCUT2D eigenvalue weighted by atomic mass is 32.3. The second kappa shape index (κ2) is 11.8. The van der Waals surface area contributed by atoms with Crippen LogP contribution in [-0.4, -0.2) is 26.7 Å². The first-order valence-corrected chi connectivity index (χ1v) is 8.12. The average Bonchev–Trinajstić information content (AvgIpc) is 3.05. The normalized spacial score (nSPS) is 14.3. The first-order valence-electron chi connectivity index (χ1n) is 5.60. The van der Waals surface area contributed by atoms with E-state index in [1.54, 1.807) is 0 Å². The minimum absolute atomic E-state index is 0.870. The molecule has 0 bridgehead atoms. The fraction of sp³-hybridized carbons (Fsp3) is 1.00. The highest BCUT2D eigenvalue weighted by Gasteiger charge is 2.19. The predicted octanol–water partition coefficient (Wildman–Crippen LogP) is 2.90. The van der Waals surface area contributed by atoms with Crippen LogP contribution in [0, 0.1) is 5.92 Å². The van der Waals surface area contributed by atoms with E-state index in [1.807, 2.05) is 6.66 Å². The lowest BCUT2D eigenvalue weighted by Gasteiger charge is -1.92. The first-order chi connectivity index (χ1) is 7.49. The highest BCUT2D eigenvalue weighted by Crippen LogP contribution is 2.33. The van der Waals surface area contributed by atoms with Crippen LogP contribution in [0.2, 0.25) is 0 Å². The van der Waals surface area contributed by atoms with E-state index in [0.29, 0.717) is 0 Å². The van der Waals surface area contributed by atoms with E-state index in [4.69, 9.17) is 4.55 Å². The van der Waals surface area contributed by atoms with Gasteiger partial charge < -0.3 is 0 Å². The van der Waals surface area contributed by atoms with Gasteiger partial charge in [-0.3, -0.25) is 8.74 Å². The van der Waals surface area contributed by atoms with Gasteiger partial charge in [-0.15, -0.1) is 9.24 Å². The van der Waals surface area contributed by atoms with Crippen molar-refractivity contribution in [1.82, 2.24) is 0 Å². The van der Waals surface area contributed by atoms with E-state index in [1.165, 1.54) is 38.5 Å². The third-order valence-corrected chi connectivity index (χ3v) is 2.54. The van der Waals surface area contributed by atoms with Crippen LogP contribution in [0.5, 0.6) is 0 Å². The van der Waals surface area contributed by atoms with Gasteiger partial charge in [-0.1, -0.05) is 52.1 Å². The van der Waals surface area contributed by atoms with Gasteiger partial charge in [0, 0.05) is 0 Å². The van der Waals surface area contributed by atoms with Crippen molar-refractivity contribution in [1.29, 1.82) is 0 Å². The van der Waals surface area contributed by atoms with Crippen LogP contribution in [0.25, 0.3) is 0 Å². The Labute approximate surface area is 102 Å². The third kappa shape index (κ3) is 19.8. The van der Waals surface area contributed by atoms with E-state index < -0.39 is 10.4 Å². The molecule has 100 valence electrons. The van der Waals surface area contributed by atoms with Gasteiger partial charge in [0.15, 0.2) is 0 Å². The summed E-state index contributed by atoms with van der Waals surface area (Å²) in [4.78, 5) is 0. The standard InChI is InChI=1S/C8H16.CH4O4S.CH5P/c1-2-3-4-5-8-6-7-8;1-5-6(2,3)4;1-2/h8H,2-7H2,1H3;1H3,(H,2,3,4);2H2,1H3. The van der Waals surface area contributed by atoms with Crippen LogP contribution in [0.3, 0.4) is 0 Å². The van der Waals surface area contributed by atoms with E-state index in [2.05, 4.69) is 20.3 Å². The SMILES string of the molecule is CCCCCC1CC1.COS(=O)(=O)O.CP. The fourth-order valence-corrected chi connectivity index (χ4v) is 1.09. The summed E-state index contributed by atoms with van der Waals surface area (Å²) in [6, 6.07) is 0. The first kappa shape index (κ1) is 18.7. The van der Waals surface area contributed by atoms with Crippen LogP contribution < -0.4 is 0 Å². The van der Waals surface area contributed by atoms with Crippen molar-refractivity contribution in [2.45, 2.75) is 45.4 Å². The van der Waals surface area contributed by atoms with Gasteiger partial charge in [0.05, 0.1) is 7.11 Å². The Bertz CT molecular complexity index is 225. The molecular formula is C10H25O4PS. The van der Waals surface area contributed by atoms with Crippen LogP contribution in [0.1, 0.15) is 45.4 Å². The van der Waals surface area contributed by atoms with Crippen molar-refractivity contribution in [2.75, 3.05) is 13.8 Å². The molecule has 0 spiro atoms. The maximum atomic E-state index is 9.33. The molecule has 1 N–H and O–H groups in total. The van der Waals surface area contributed by atoms with Crippen LogP contribution in [0.4, 0.5) is 0 Å². The Morgan fingerprint density at radius 2 is 1.75 bits per heavy atom. The molecule has 1 fully saturated rings. The number of hydrogen-bond donors (Lipinski definition) is 1. The van der Waals surface area contributed by atoms with E-state index >= 15 is 0 Å². The number of hydrogen-bond acceptors (Lipinski definition) is 3. The van der Waals surface area contributed by atoms with Gasteiger partial charge in [-0.25, -0.2) is 0 Å². The number of rotatable bonds is 5. The largest absolute Gasteiger partial charge is 0.397 e. The smallest absolute Gasteiger partial charge is 0.264 e. The molecule has 1 unspecified atom stereocenters. The van der Waals surface area contributed by atoms with Crippen LogP contribution in [0.15, 0.2) is 0 Å². The molecule has 0 amide bonds. The summed E-state index contributed by atoms with van der Waals surface area (Å²) >= 11 is 0. The molecule has 0 saturated heterocycles.